The summed E-state index contributed by atoms with van der Waals surface area (Å²) in [5.74, 6) is 1.84. The van der Waals surface area contributed by atoms with Gasteiger partial charge in [-0.1, -0.05) is 41.4 Å². The number of sulfonamides is 1. The smallest absolute Gasteiger partial charge is 0.264 e. The molecule has 0 aliphatic rings. The number of thioether (sulfide) groups is 1. The van der Waals surface area contributed by atoms with E-state index in [4.69, 9.17) is 27.9 Å². The molecule has 0 aliphatic carbocycles. The normalized spacial score (nSPS) is 11.2. The van der Waals surface area contributed by atoms with Crippen LogP contribution in [0.25, 0.3) is 0 Å². The van der Waals surface area contributed by atoms with Crippen molar-refractivity contribution in [1.29, 1.82) is 0 Å². The number of hydrogen-bond donors (Lipinski definition) is 1. The lowest BCUT2D eigenvalue weighted by atomic mass is 10.2. The number of carbonyl (C=O) groups is 1. The third-order valence-electron chi connectivity index (χ3n) is 5.00. The lowest BCUT2D eigenvalue weighted by molar-refractivity contribution is -0.119. The van der Waals surface area contributed by atoms with Crippen LogP contribution in [0.4, 0.5) is 5.69 Å². The van der Waals surface area contributed by atoms with Crippen molar-refractivity contribution in [2.75, 3.05) is 30.3 Å². The van der Waals surface area contributed by atoms with Crippen LogP contribution in [0.1, 0.15) is 12.0 Å². The molecule has 0 spiro atoms. The van der Waals surface area contributed by atoms with E-state index in [0.29, 0.717) is 28.0 Å². The van der Waals surface area contributed by atoms with Gasteiger partial charge >= 0.3 is 0 Å². The number of halogens is 2. The molecule has 3 rings (SSSR count). The first-order valence-corrected chi connectivity index (χ1v) is 14.2. The van der Waals surface area contributed by atoms with Crippen molar-refractivity contribution in [1.82, 2.24) is 5.32 Å². The lowest BCUT2D eigenvalue weighted by Gasteiger charge is -2.24. The molecule has 6 nitrogen and oxygen atoms in total. The molecule has 0 fully saturated rings. The Morgan fingerprint density at radius 2 is 1.71 bits per heavy atom. The Morgan fingerprint density at radius 3 is 2.37 bits per heavy atom. The standard InChI is InChI=1S/C25H26Cl2N2O4S2/c1-33-23-10-12-24(13-11-23)35(31,32)29(22-5-2-4-21(27)16-22)17-25(30)28-14-3-15-34-18-19-6-8-20(26)9-7-19/h2,4-13,16H,3,14-15,17-18H2,1H3,(H,28,30). The van der Waals surface area contributed by atoms with Gasteiger partial charge < -0.3 is 10.1 Å². The van der Waals surface area contributed by atoms with E-state index in [1.165, 1.54) is 30.9 Å². The molecule has 1 N–H and O–H groups in total. The number of hydrogen-bond acceptors (Lipinski definition) is 5. The summed E-state index contributed by atoms with van der Waals surface area (Å²) in [5.41, 5.74) is 1.49. The van der Waals surface area contributed by atoms with Crippen LogP contribution in [0.5, 0.6) is 5.75 Å². The second-order valence-corrected chi connectivity index (χ2v) is 11.4. The first-order chi connectivity index (χ1) is 16.8. The van der Waals surface area contributed by atoms with Crippen LogP contribution in [0.3, 0.4) is 0 Å². The average molecular weight is 554 g/mol. The molecule has 0 aliphatic heterocycles. The number of anilines is 1. The van der Waals surface area contributed by atoms with Crippen LogP contribution >= 0.6 is 35.0 Å². The number of benzene rings is 3. The summed E-state index contributed by atoms with van der Waals surface area (Å²) < 4.78 is 33.0. The highest BCUT2D eigenvalue weighted by atomic mass is 35.5. The molecule has 0 radical (unpaired) electrons. The molecule has 0 bridgehead atoms. The second kappa shape index (κ2) is 13.1. The van der Waals surface area contributed by atoms with E-state index >= 15 is 0 Å². The van der Waals surface area contributed by atoms with Gasteiger partial charge in [0.25, 0.3) is 10.0 Å². The fraction of sp³-hybridized carbons (Fsp3) is 0.240. The van der Waals surface area contributed by atoms with Crippen LogP contribution in [-0.4, -0.2) is 40.3 Å². The third-order valence-corrected chi connectivity index (χ3v) is 8.39. The number of methoxy groups -OCH3 is 1. The Kier molecular flexibility index (Phi) is 10.2. The highest BCUT2D eigenvalue weighted by molar-refractivity contribution is 7.98. The molecule has 1 amide bonds. The van der Waals surface area contributed by atoms with E-state index in [-0.39, 0.29) is 11.4 Å². The molecule has 10 heteroatoms. The highest BCUT2D eigenvalue weighted by Gasteiger charge is 2.27. The van der Waals surface area contributed by atoms with Crippen molar-refractivity contribution < 1.29 is 17.9 Å². The van der Waals surface area contributed by atoms with Crippen molar-refractivity contribution in [2.24, 2.45) is 0 Å². The summed E-state index contributed by atoms with van der Waals surface area (Å²) in [5, 5.41) is 3.90. The van der Waals surface area contributed by atoms with Gasteiger partial charge in [0.2, 0.25) is 5.91 Å². The van der Waals surface area contributed by atoms with Crippen LogP contribution in [0.15, 0.2) is 77.7 Å². The zero-order chi connectivity index (χ0) is 25.3. The maximum absolute atomic E-state index is 13.4. The van der Waals surface area contributed by atoms with E-state index in [9.17, 15) is 13.2 Å². The molecule has 0 heterocycles. The van der Waals surface area contributed by atoms with Crippen molar-refractivity contribution in [3.63, 3.8) is 0 Å². The van der Waals surface area contributed by atoms with Crippen LogP contribution < -0.4 is 14.4 Å². The minimum absolute atomic E-state index is 0.0460. The third kappa shape index (κ3) is 8.07. The average Bonchev–Trinajstić information content (AvgIpc) is 2.85. The van der Waals surface area contributed by atoms with Crippen molar-refractivity contribution in [2.45, 2.75) is 17.1 Å². The zero-order valence-electron chi connectivity index (χ0n) is 19.1. The van der Waals surface area contributed by atoms with E-state index in [2.05, 4.69) is 5.32 Å². The number of carbonyl (C=O) groups excluding carboxylic acids is 1. The zero-order valence-corrected chi connectivity index (χ0v) is 22.3. The van der Waals surface area contributed by atoms with Gasteiger partial charge in [0.15, 0.2) is 0 Å². The van der Waals surface area contributed by atoms with Gasteiger partial charge in [-0.3, -0.25) is 9.10 Å². The fourth-order valence-electron chi connectivity index (χ4n) is 3.18. The second-order valence-electron chi connectivity index (χ2n) is 7.55. The Morgan fingerprint density at radius 1 is 1.00 bits per heavy atom. The summed E-state index contributed by atoms with van der Waals surface area (Å²) in [4.78, 5) is 12.7. The molecule has 35 heavy (non-hydrogen) atoms. The molecular formula is C25H26Cl2N2O4S2. The van der Waals surface area contributed by atoms with Crippen LogP contribution in [-0.2, 0) is 20.6 Å². The molecule has 3 aromatic rings. The summed E-state index contributed by atoms with van der Waals surface area (Å²) in [6.45, 7) is 0.0744. The van der Waals surface area contributed by atoms with Crippen molar-refractivity contribution in [3.8, 4) is 5.75 Å². The largest absolute Gasteiger partial charge is 0.497 e. The van der Waals surface area contributed by atoms with Crippen LogP contribution in [0.2, 0.25) is 10.0 Å². The predicted octanol–water partition coefficient (Wildman–Crippen LogP) is 5.64. The van der Waals surface area contributed by atoms with E-state index < -0.39 is 15.9 Å². The van der Waals surface area contributed by atoms with Crippen molar-refractivity contribution >= 4 is 56.6 Å². The SMILES string of the molecule is COc1ccc(S(=O)(=O)N(CC(=O)NCCCSCc2ccc(Cl)cc2)c2cccc(Cl)c2)cc1. The van der Waals surface area contributed by atoms with Gasteiger partial charge in [-0.15, -0.1) is 0 Å². The topological polar surface area (TPSA) is 75.7 Å². The Hall–Kier alpha value is -2.39. The summed E-state index contributed by atoms with van der Waals surface area (Å²) in [6.07, 6.45) is 0.756. The Bertz CT molecular complexity index is 1220. The van der Waals surface area contributed by atoms with Gasteiger partial charge in [0.05, 0.1) is 17.7 Å². The number of rotatable bonds is 12. The Balaban J connectivity index is 1.59. The van der Waals surface area contributed by atoms with E-state index in [0.717, 1.165) is 22.2 Å². The molecule has 0 saturated carbocycles. The number of nitrogens with zero attached hydrogens (tertiary/aromatic N) is 1. The van der Waals surface area contributed by atoms with Gasteiger partial charge in [-0.25, -0.2) is 8.42 Å². The van der Waals surface area contributed by atoms with Gasteiger partial charge in [0, 0.05) is 22.3 Å². The number of amides is 1. The number of nitrogens with one attached hydrogen (secondary N) is 1. The first kappa shape index (κ1) is 27.2. The van der Waals surface area contributed by atoms with E-state index in [1.807, 2.05) is 24.3 Å². The fourth-order valence-corrected chi connectivity index (χ4v) is 5.82. The van der Waals surface area contributed by atoms with Gasteiger partial charge in [-0.05, 0) is 72.3 Å². The molecule has 0 saturated heterocycles. The molecular weight excluding hydrogens is 527 g/mol. The maximum Gasteiger partial charge on any atom is 0.264 e. The minimum Gasteiger partial charge on any atom is -0.497 e. The highest BCUT2D eigenvalue weighted by Crippen LogP contribution is 2.27. The number of ether oxygens (including phenoxy) is 1. The molecule has 3 aromatic carbocycles. The van der Waals surface area contributed by atoms with Gasteiger partial charge in [-0.2, -0.15) is 11.8 Å². The Labute approximate surface area is 220 Å². The lowest BCUT2D eigenvalue weighted by Crippen LogP contribution is -2.41. The van der Waals surface area contributed by atoms with Crippen LogP contribution in [0, 0.1) is 0 Å². The summed E-state index contributed by atoms with van der Waals surface area (Å²) in [7, 11) is -2.52. The van der Waals surface area contributed by atoms with Gasteiger partial charge in [0.1, 0.15) is 12.3 Å². The summed E-state index contributed by atoms with van der Waals surface area (Å²) >= 11 is 13.8. The molecule has 0 aromatic heterocycles. The predicted molar refractivity (Wildman–Crippen MR) is 144 cm³/mol. The first-order valence-electron chi connectivity index (χ1n) is 10.8. The minimum atomic E-state index is -4.02. The molecule has 0 atom stereocenters. The maximum atomic E-state index is 13.4. The molecule has 0 unspecified atom stereocenters. The molecule has 186 valence electrons. The summed E-state index contributed by atoms with van der Waals surface area (Å²) in [6, 6.07) is 20.1. The monoisotopic (exact) mass is 552 g/mol. The van der Waals surface area contributed by atoms with Crippen molar-refractivity contribution in [3.05, 3.63) is 88.4 Å². The van der Waals surface area contributed by atoms with E-state index in [1.54, 1.807) is 42.1 Å². The quantitative estimate of drug-likeness (QED) is 0.294.